The van der Waals surface area contributed by atoms with Gasteiger partial charge in [-0.2, -0.15) is 31.0 Å². The molecule has 5 nitrogen and oxygen atoms in total. The lowest BCUT2D eigenvalue weighted by Crippen LogP contribution is -2.47. The molecule has 1 unspecified atom stereocenters. The maximum Gasteiger partial charge on any atom is 0.402 e. The second-order valence-electron chi connectivity index (χ2n) is 4.01. The highest BCUT2D eigenvalue weighted by atomic mass is 32.2. The number of rotatable bonds is 7. The van der Waals surface area contributed by atoms with Crippen LogP contribution in [0.3, 0.4) is 0 Å². The third kappa shape index (κ3) is 9.33. The first-order valence-corrected chi connectivity index (χ1v) is 6.49. The molecule has 0 bridgehead atoms. The van der Waals surface area contributed by atoms with Gasteiger partial charge in [-0.05, 0) is 13.3 Å². The van der Waals surface area contributed by atoms with E-state index in [1.807, 2.05) is 4.72 Å². The minimum Gasteiger partial charge on any atom is -0.389 e. The van der Waals surface area contributed by atoms with Crippen molar-refractivity contribution in [2.75, 3.05) is 13.1 Å². The summed E-state index contributed by atoms with van der Waals surface area (Å²) in [6.45, 7) is 1.22. The maximum atomic E-state index is 11.8. The van der Waals surface area contributed by atoms with Crippen LogP contribution in [0.2, 0.25) is 0 Å². The van der Waals surface area contributed by atoms with Gasteiger partial charge in [0.1, 0.15) is 6.54 Å². The van der Waals surface area contributed by atoms with Crippen molar-refractivity contribution in [3.8, 4) is 0 Å². The van der Waals surface area contributed by atoms with Crippen LogP contribution in [0.15, 0.2) is 0 Å². The van der Waals surface area contributed by atoms with Crippen LogP contribution in [-0.4, -0.2) is 38.4 Å². The number of halogens is 3. The SMILES string of the molecule is CCCC(C)(O)CNS(=O)(=O)NCC(F)(F)F. The van der Waals surface area contributed by atoms with Crippen molar-refractivity contribution in [3.63, 3.8) is 0 Å². The van der Waals surface area contributed by atoms with Crippen molar-refractivity contribution in [2.24, 2.45) is 0 Å². The zero-order chi connectivity index (χ0) is 13.7. The third-order valence-electron chi connectivity index (χ3n) is 1.89. The molecular weight excluding hydrogens is 261 g/mol. The van der Waals surface area contributed by atoms with Gasteiger partial charge in [-0.25, -0.2) is 0 Å². The third-order valence-corrected chi connectivity index (χ3v) is 2.94. The van der Waals surface area contributed by atoms with Crippen LogP contribution < -0.4 is 9.44 Å². The molecule has 0 amide bonds. The lowest BCUT2D eigenvalue weighted by molar-refractivity contribution is -0.121. The molecule has 0 rings (SSSR count). The summed E-state index contributed by atoms with van der Waals surface area (Å²) in [7, 11) is -4.25. The smallest absolute Gasteiger partial charge is 0.389 e. The fraction of sp³-hybridized carbons (Fsp3) is 1.00. The Morgan fingerprint density at radius 2 is 1.65 bits per heavy atom. The fourth-order valence-corrected chi connectivity index (χ4v) is 2.06. The molecule has 0 radical (unpaired) electrons. The van der Waals surface area contributed by atoms with E-state index in [0.717, 1.165) is 0 Å². The van der Waals surface area contributed by atoms with Crippen LogP contribution in [-0.2, 0) is 10.2 Å². The Morgan fingerprint density at radius 1 is 1.18 bits per heavy atom. The Bertz CT molecular complexity index is 327. The van der Waals surface area contributed by atoms with E-state index in [4.69, 9.17) is 0 Å². The van der Waals surface area contributed by atoms with Gasteiger partial charge in [0, 0.05) is 6.54 Å². The molecule has 0 aliphatic heterocycles. The van der Waals surface area contributed by atoms with Crippen LogP contribution in [0, 0.1) is 0 Å². The first-order chi connectivity index (χ1) is 7.47. The molecule has 17 heavy (non-hydrogen) atoms. The second-order valence-corrected chi connectivity index (χ2v) is 5.59. The molecule has 0 spiro atoms. The molecule has 0 aromatic heterocycles. The molecule has 0 aromatic carbocycles. The van der Waals surface area contributed by atoms with Gasteiger partial charge in [-0.1, -0.05) is 13.3 Å². The average Bonchev–Trinajstić information content (AvgIpc) is 2.12. The van der Waals surface area contributed by atoms with Gasteiger partial charge in [0.2, 0.25) is 0 Å². The van der Waals surface area contributed by atoms with Gasteiger partial charge in [0.15, 0.2) is 0 Å². The first-order valence-electron chi connectivity index (χ1n) is 5.01. The lowest BCUT2D eigenvalue weighted by atomic mass is 10.0. The minimum absolute atomic E-state index is 0.339. The van der Waals surface area contributed by atoms with Crippen LogP contribution in [0.25, 0.3) is 0 Å². The second kappa shape index (κ2) is 5.98. The quantitative estimate of drug-likeness (QED) is 0.635. The van der Waals surface area contributed by atoms with Crippen molar-refractivity contribution in [1.82, 2.24) is 9.44 Å². The van der Waals surface area contributed by atoms with E-state index in [0.29, 0.717) is 12.8 Å². The molecular formula is C8H17F3N2O3S. The Balaban J connectivity index is 4.19. The van der Waals surface area contributed by atoms with Gasteiger partial charge >= 0.3 is 6.18 Å². The summed E-state index contributed by atoms with van der Waals surface area (Å²) in [6, 6.07) is 0. The van der Waals surface area contributed by atoms with E-state index < -0.39 is 28.5 Å². The van der Waals surface area contributed by atoms with Gasteiger partial charge in [-0.3, -0.25) is 0 Å². The van der Waals surface area contributed by atoms with E-state index >= 15 is 0 Å². The summed E-state index contributed by atoms with van der Waals surface area (Å²) in [5, 5.41) is 9.63. The molecule has 0 saturated carbocycles. The zero-order valence-corrected chi connectivity index (χ0v) is 10.5. The Kier molecular flexibility index (Phi) is 5.85. The largest absolute Gasteiger partial charge is 0.402 e. The molecule has 0 aliphatic carbocycles. The van der Waals surface area contributed by atoms with Crippen molar-refractivity contribution < 1.29 is 26.7 Å². The van der Waals surface area contributed by atoms with Crippen LogP contribution in [0.1, 0.15) is 26.7 Å². The van der Waals surface area contributed by atoms with Gasteiger partial charge < -0.3 is 5.11 Å². The van der Waals surface area contributed by atoms with Crippen LogP contribution >= 0.6 is 0 Å². The molecule has 3 N–H and O–H groups in total. The lowest BCUT2D eigenvalue weighted by Gasteiger charge is -2.23. The fourth-order valence-electron chi connectivity index (χ4n) is 1.11. The number of hydrogen-bond acceptors (Lipinski definition) is 3. The number of alkyl halides is 3. The van der Waals surface area contributed by atoms with E-state index in [1.54, 1.807) is 6.92 Å². The predicted molar refractivity (Wildman–Crippen MR) is 56.5 cm³/mol. The van der Waals surface area contributed by atoms with Gasteiger partial charge in [0.05, 0.1) is 5.60 Å². The highest BCUT2D eigenvalue weighted by Crippen LogP contribution is 2.13. The molecule has 1 atom stereocenters. The summed E-state index contributed by atoms with van der Waals surface area (Å²) < 4.78 is 60.7. The van der Waals surface area contributed by atoms with Crippen molar-refractivity contribution in [2.45, 2.75) is 38.5 Å². The first kappa shape index (κ1) is 16.6. The Morgan fingerprint density at radius 3 is 2.06 bits per heavy atom. The maximum absolute atomic E-state index is 11.8. The summed E-state index contributed by atoms with van der Waals surface area (Å²) in [6.07, 6.45) is -3.64. The molecule has 0 heterocycles. The van der Waals surface area contributed by atoms with Gasteiger partial charge in [-0.15, -0.1) is 0 Å². The highest BCUT2D eigenvalue weighted by molar-refractivity contribution is 7.87. The summed E-state index contributed by atoms with van der Waals surface area (Å²) in [5.74, 6) is 0. The standard InChI is InChI=1S/C8H17F3N2O3S/c1-3-4-7(2,14)5-12-17(15,16)13-6-8(9,10)11/h12-14H,3-6H2,1-2H3. The highest BCUT2D eigenvalue weighted by Gasteiger charge is 2.30. The average molecular weight is 278 g/mol. The van der Waals surface area contributed by atoms with E-state index in [9.17, 15) is 26.7 Å². The Labute approximate surface area is 98.6 Å². The van der Waals surface area contributed by atoms with E-state index in [1.165, 1.54) is 11.6 Å². The molecule has 0 aromatic rings. The topological polar surface area (TPSA) is 78.4 Å². The minimum atomic E-state index is -4.61. The predicted octanol–water partition coefficient (Wildman–Crippen LogP) is 0.524. The number of nitrogens with one attached hydrogen (secondary N) is 2. The summed E-state index contributed by atoms with van der Waals surface area (Å²) >= 11 is 0. The summed E-state index contributed by atoms with van der Waals surface area (Å²) in [5.41, 5.74) is -1.28. The molecule has 0 fully saturated rings. The number of hydrogen-bond donors (Lipinski definition) is 3. The van der Waals surface area contributed by atoms with Crippen molar-refractivity contribution in [1.29, 1.82) is 0 Å². The van der Waals surface area contributed by atoms with Crippen LogP contribution in [0.4, 0.5) is 13.2 Å². The Hall–Kier alpha value is -0.380. The summed E-state index contributed by atoms with van der Waals surface area (Å²) in [4.78, 5) is 0. The van der Waals surface area contributed by atoms with Crippen molar-refractivity contribution in [3.05, 3.63) is 0 Å². The number of aliphatic hydroxyl groups is 1. The normalized spacial score (nSPS) is 16.8. The molecule has 9 heteroatoms. The van der Waals surface area contributed by atoms with Gasteiger partial charge in [0.25, 0.3) is 10.2 Å². The van der Waals surface area contributed by atoms with E-state index in [2.05, 4.69) is 0 Å². The molecule has 104 valence electrons. The van der Waals surface area contributed by atoms with Crippen LogP contribution in [0.5, 0.6) is 0 Å². The monoisotopic (exact) mass is 278 g/mol. The van der Waals surface area contributed by atoms with E-state index in [-0.39, 0.29) is 6.54 Å². The zero-order valence-electron chi connectivity index (χ0n) is 9.63. The molecule has 0 saturated heterocycles. The van der Waals surface area contributed by atoms with Crippen molar-refractivity contribution >= 4 is 10.2 Å². The molecule has 0 aliphatic rings.